The van der Waals surface area contributed by atoms with E-state index in [2.05, 4.69) is 195 Å². The van der Waals surface area contributed by atoms with E-state index in [4.69, 9.17) is 63.8 Å². The molecule has 4 fully saturated rings. The lowest BCUT2D eigenvalue weighted by molar-refractivity contribution is -0.0355. The number of hydrogen-bond acceptors (Lipinski definition) is 20. The van der Waals surface area contributed by atoms with Crippen LogP contribution in [0.25, 0.3) is 44.1 Å². The van der Waals surface area contributed by atoms with E-state index >= 15 is 0 Å². The molecule has 0 radical (unpaired) electrons. The van der Waals surface area contributed by atoms with Gasteiger partial charge in [-0.1, -0.05) is 98.9 Å². The van der Waals surface area contributed by atoms with Crippen LogP contribution in [0.3, 0.4) is 0 Å². The smallest absolute Gasteiger partial charge is 0.263 e. The highest BCUT2D eigenvalue weighted by Gasteiger charge is 2.39. The number of fused-ring (bicyclic) bond motifs is 4. The van der Waals surface area contributed by atoms with Crippen molar-refractivity contribution in [3.63, 3.8) is 0 Å². The first kappa shape index (κ1) is 71.5. The summed E-state index contributed by atoms with van der Waals surface area (Å²) in [6.07, 6.45) is 23.6. The molecule has 12 heterocycles. The fourth-order valence-corrected chi connectivity index (χ4v) is 14.7. The van der Waals surface area contributed by atoms with Gasteiger partial charge in [-0.05, 0) is 82.7 Å². The van der Waals surface area contributed by atoms with Crippen LogP contribution in [-0.2, 0) is 28.0 Å². The van der Waals surface area contributed by atoms with Gasteiger partial charge in [-0.25, -0.2) is 19.9 Å². The first-order chi connectivity index (χ1) is 44.0. The van der Waals surface area contributed by atoms with E-state index in [0.717, 1.165) is 43.9 Å². The zero-order valence-corrected chi connectivity index (χ0v) is 61.2. The van der Waals surface area contributed by atoms with Crippen molar-refractivity contribution in [3.8, 4) is 48.4 Å². The van der Waals surface area contributed by atoms with E-state index in [0.29, 0.717) is 99.7 Å². The predicted molar refractivity (Wildman–Crippen MR) is 389 cm³/mol. The van der Waals surface area contributed by atoms with E-state index < -0.39 is 51.3 Å². The molecule has 4 aliphatic heterocycles. The highest BCUT2D eigenvalue weighted by atomic mass is 127. The zero-order chi connectivity index (χ0) is 66.2. The Morgan fingerprint density at radius 2 is 0.967 bits per heavy atom. The minimum Gasteiger partial charge on any atom is -0.390 e. The maximum atomic E-state index is 12.4. The van der Waals surface area contributed by atoms with Crippen molar-refractivity contribution in [2.45, 2.75) is 141 Å². The highest BCUT2D eigenvalue weighted by Crippen LogP contribution is 2.55. The first-order valence-corrected chi connectivity index (χ1v) is 40.2. The lowest BCUT2D eigenvalue weighted by atomic mass is 10.0. The van der Waals surface area contributed by atoms with Crippen LogP contribution in [-0.4, -0.2) is 118 Å². The Labute approximate surface area is 569 Å². The van der Waals surface area contributed by atoms with Gasteiger partial charge in [-0.2, -0.15) is 9.97 Å². The predicted octanol–water partition coefficient (Wildman–Crippen LogP) is 8.55. The molecule has 0 amide bonds. The van der Waals surface area contributed by atoms with Crippen molar-refractivity contribution >= 4 is 164 Å². The van der Waals surface area contributed by atoms with Gasteiger partial charge in [-0.15, -0.1) is 12.8 Å². The number of aliphatic hydroxyl groups is 2. The first-order valence-electron chi connectivity index (χ1n) is 29.0. The molecule has 8 aromatic rings. The summed E-state index contributed by atoms with van der Waals surface area (Å²) < 4.78 is 44.7. The van der Waals surface area contributed by atoms with Crippen LogP contribution in [0.1, 0.15) is 115 Å². The number of nitrogens with one attached hydrogen (secondary N) is 2. The highest BCUT2D eigenvalue weighted by molar-refractivity contribution is 14.1. The summed E-state index contributed by atoms with van der Waals surface area (Å²) in [7, 11) is 8.87. The number of terminal acetylenes is 2. The third kappa shape index (κ3) is 16.5. The number of nitrogens with zero attached hydrogens (tertiary/aromatic N) is 10. The van der Waals surface area contributed by atoms with Crippen molar-refractivity contribution in [3.05, 3.63) is 76.4 Å². The van der Waals surface area contributed by atoms with Crippen LogP contribution in [0.2, 0.25) is 0 Å². The third-order valence-electron chi connectivity index (χ3n) is 15.7. The molecule has 4 saturated heterocycles. The molecular formula is C58H72I2N16O10P6. The summed E-state index contributed by atoms with van der Waals surface area (Å²) >= 11 is 4.42. The van der Waals surface area contributed by atoms with Gasteiger partial charge in [0.1, 0.15) is 72.7 Å². The molecule has 16 atom stereocenters. The topological polar surface area (TPSA) is 363 Å². The van der Waals surface area contributed by atoms with Crippen molar-refractivity contribution in [1.82, 2.24) is 58.1 Å². The normalized spacial score (nSPS) is 24.1. The van der Waals surface area contributed by atoms with Gasteiger partial charge >= 0.3 is 0 Å². The average Bonchev–Trinajstić information content (AvgIpc) is 1.66. The van der Waals surface area contributed by atoms with Crippen LogP contribution in [0.4, 0.5) is 23.5 Å². The van der Waals surface area contributed by atoms with Gasteiger partial charge in [0.05, 0.1) is 98.2 Å². The number of halogens is 2. The van der Waals surface area contributed by atoms with E-state index in [9.17, 15) is 19.8 Å². The number of ether oxygens (including phenoxy) is 4. The summed E-state index contributed by atoms with van der Waals surface area (Å²) in [4.78, 5) is 54.7. The van der Waals surface area contributed by atoms with Gasteiger partial charge in [0.2, 0.25) is 11.9 Å². The largest absolute Gasteiger partial charge is 0.390 e. The number of nitrogens with two attached hydrogens (primary N) is 4. The lowest BCUT2D eigenvalue weighted by Crippen LogP contribution is -2.25. The van der Waals surface area contributed by atoms with Crippen LogP contribution in [0.5, 0.6) is 0 Å². The number of anilines is 4. The van der Waals surface area contributed by atoms with Crippen molar-refractivity contribution < 1.29 is 38.2 Å². The van der Waals surface area contributed by atoms with Crippen molar-refractivity contribution in [2.24, 2.45) is 11.8 Å². The quantitative estimate of drug-likeness (QED) is 0.0322. The summed E-state index contributed by atoms with van der Waals surface area (Å²) in [6.45, 7) is 9.32. The number of hydrogen-bond donors (Lipinski definition) is 8. The summed E-state index contributed by atoms with van der Waals surface area (Å²) in [6, 6.07) is 0. The molecule has 26 nitrogen and oxygen atoms in total. The Kier molecular flexibility index (Phi) is 25.1. The minimum absolute atomic E-state index is 0.00919. The fourth-order valence-electron chi connectivity index (χ4n) is 11.4. The van der Waals surface area contributed by atoms with Crippen molar-refractivity contribution in [1.29, 1.82) is 0 Å². The lowest BCUT2D eigenvalue weighted by Gasteiger charge is -2.17. The molecule has 12 N–H and O–H groups in total. The second-order valence-electron chi connectivity index (χ2n) is 21.9. The van der Waals surface area contributed by atoms with Gasteiger partial charge in [0, 0.05) is 44.8 Å². The molecule has 0 spiro atoms. The van der Waals surface area contributed by atoms with Gasteiger partial charge < -0.3 is 79.4 Å². The molecule has 12 rings (SSSR count). The van der Waals surface area contributed by atoms with Crippen LogP contribution in [0.15, 0.2) is 47.0 Å². The molecular weight excluding hydrogens is 1520 g/mol. The van der Waals surface area contributed by atoms with Crippen LogP contribution in [0, 0.1) is 67.3 Å². The maximum Gasteiger partial charge on any atom is 0.263 e. The molecule has 4 aliphatic rings. The van der Waals surface area contributed by atoms with E-state index in [1.54, 1.807) is 10.8 Å². The standard InChI is InChI=1S/C16H19N4O4P3.C16H19N4O3P3.C13H17IN4O2.C13H17IN4O/c1-2-3-4-5-9-7-20(14-13(9)15(22)19-16(17)18-14)12-6-10(21)11(24-12)8-23-27(25)26;1-2-3-4-5-10-7-20(16-14(10)15(17)18-9-19-16)13-6-11(21)12(23-13)8-22-26(24)25;1-3-8-6(2)4-9(20-8)18-5-7(14)10-11(18)16-13(15)17-12(10)19;1-3-9-7(2)4-10(19-9)18-5-8(14)11-12(15)16-6-17-13(11)18/h1,7,10-12,21H,3,6,8,25-26H2,(H3,17,18,19,22);1,7,9,11-13,21H,3,6,8,24-25H2,(H2,17,18,19);5-6,8-9H,3-4H2,1-2H3,(H3,15,16,17,19);5-7,9-10H,3-4H2,1-2H3,(H2,15,16,17)/t10-,11-,12-;11-,12-,13-;6-,8-,9-;7-,9-,10-/m1111/s1. The Balaban J connectivity index is 0.000000146. The molecule has 92 heavy (non-hydrogen) atoms. The number of H-pyrrole nitrogens is 2. The summed E-state index contributed by atoms with van der Waals surface area (Å²) in [5.41, 5.74) is 26.3. The molecule has 34 heteroatoms. The average molecular weight is 1590 g/mol. The van der Waals surface area contributed by atoms with E-state index in [1.165, 1.54) is 12.7 Å². The number of rotatable bonds is 12. The molecule has 0 saturated carbocycles. The van der Waals surface area contributed by atoms with Crippen LogP contribution >= 0.6 is 95.9 Å². The fraction of sp³-hybridized carbons (Fsp3) is 0.448. The van der Waals surface area contributed by atoms with E-state index in [-0.39, 0.29) is 55.3 Å². The second kappa shape index (κ2) is 32.3. The zero-order valence-electron chi connectivity index (χ0n) is 50.5. The molecule has 0 aliphatic carbocycles. The Bertz CT molecular complexity index is 4300. The van der Waals surface area contributed by atoms with Gasteiger partial charge in [-0.3, -0.25) is 19.6 Å². The Morgan fingerprint density at radius 3 is 1.42 bits per heavy atom. The second-order valence-corrected chi connectivity index (χ2v) is 35.9. The number of aromatic amines is 2. The SMILES string of the molecule is C#CCC#Cc1cn([C@H]2C[C@@H](O)[C@@H](COP(P)P)O2)c2nc(N)[nH]c(=O)c12.C#CCC#Cc1cn([C@H]2C[C@@H](O)[C@@H](COP(P)P)O2)c2ncnc(N)c12.CC[C@H]1O[C@@H](n2cc(I)c3c(=O)[nH]c(N)nc32)C[C@H]1C.CC[C@H]1O[C@@H](n2cc(I)c3c(N)ncnc32)C[C@H]1C. The van der Waals surface area contributed by atoms with Gasteiger partial charge in [0.15, 0.2) is 11.3 Å². The third-order valence-corrected chi connectivity index (χ3v) is 20.0. The van der Waals surface area contributed by atoms with Crippen LogP contribution < -0.4 is 34.1 Å². The Morgan fingerprint density at radius 1 is 0.587 bits per heavy atom. The summed E-state index contributed by atoms with van der Waals surface area (Å²) in [5, 5.41) is 23.1. The van der Waals surface area contributed by atoms with Crippen molar-refractivity contribution in [2.75, 3.05) is 36.1 Å². The van der Waals surface area contributed by atoms with Gasteiger partial charge in [0.25, 0.3) is 11.1 Å². The number of aliphatic hydroxyl groups excluding tert-OH is 2. The molecule has 0 bridgehead atoms. The monoisotopic (exact) mass is 1590 g/mol. The van der Waals surface area contributed by atoms with E-state index in [1.807, 2.05) is 21.5 Å². The Hall–Kier alpha value is -4.76. The molecule has 8 aromatic heterocycles. The molecule has 488 valence electrons. The molecule has 0 aromatic carbocycles. The minimum atomic E-state index is -0.719. The molecule has 4 unspecified atom stereocenters. The number of nitrogen functional groups attached to an aromatic ring is 4. The number of aromatic nitrogens is 12. The summed E-state index contributed by atoms with van der Waals surface area (Å²) in [5.74, 6) is 18.6. The maximum absolute atomic E-state index is 12.4.